The Morgan fingerprint density at radius 2 is 2.33 bits per heavy atom. The highest BCUT2D eigenvalue weighted by atomic mass is 16.1. The number of nitrogens with two attached hydrogens (primary N) is 1. The molecule has 1 aromatic rings. The molecule has 1 heterocycles. The average Bonchev–Trinajstić information content (AvgIpc) is 2.63. The van der Waals surface area contributed by atoms with Crippen molar-refractivity contribution in [2.75, 3.05) is 6.54 Å². The minimum absolute atomic E-state index is 0.0620. The van der Waals surface area contributed by atoms with E-state index in [1.165, 1.54) is 0 Å². The van der Waals surface area contributed by atoms with Gasteiger partial charge in [-0.3, -0.25) is 4.79 Å². The van der Waals surface area contributed by atoms with Gasteiger partial charge in [0.05, 0.1) is 6.04 Å². The number of carbonyl (C=O) groups excluding carboxylic acids is 1. The third-order valence-electron chi connectivity index (χ3n) is 2.29. The summed E-state index contributed by atoms with van der Waals surface area (Å²) < 4.78 is 1.78. The molecule has 0 radical (unpaired) electrons. The summed E-state index contributed by atoms with van der Waals surface area (Å²) in [7, 11) is 1.84. The molecule has 0 saturated carbocycles. The molecule has 84 valence electrons. The lowest BCUT2D eigenvalue weighted by molar-refractivity contribution is -0.124. The van der Waals surface area contributed by atoms with Crippen molar-refractivity contribution in [2.24, 2.45) is 18.7 Å². The van der Waals surface area contributed by atoms with Crippen LogP contribution in [0, 0.1) is 5.92 Å². The molecule has 2 atom stereocenters. The largest absolute Gasteiger partial charge is 0.346 e. The number of hydrogen-bond acceptors (Lipinski definition) is 4. The van der Waals surface area contributed by atoms with E-state index in [-0.39, 0.29) is 17.9 Å². The molecule has 0 aliphatic heterocycles. The van der Waals surface area contributed by atoms with E-state index in [0.717, 1.165) is 5.82 Å². The average molecular weight is 211 g/mol. The molecule has 0 bridgehead atoms. The van der Waals surface area contributed by atoms with Crippen LogP contribution >= 0.6 is 0 Å². The fraction of sp³-hybridized carbons (Fsp3) is 0.667. The van der Waals surface area contributed by atoms with Crippen LogP contribution in [0.15, 0.2) is 6.33 Å². The first kappa shape index (κ1) is 11.6. The van der Waals surface area contributed by atoms with Gasteiger partial charge in [-0.25, -0.2) is 0 Å². The van der Waals surface area contributed by atoms with Crippen LogP contribution in [-0.2, 0) is 11.8 Å². The Labute approximate surface area is 88.9 Å². The Hall–Kier alpha value is -1.43. The fourth-order valence-electron chi connectivity index (χ4n) is 1.21. The van der Waals surface area contributed by atoms with Gasteiger partial charge in [-0.1, -0.05) is 6.92 Å². The second-order valence-electron chi connectivity index (χ2n) is 3.67. The monoisotopic (exact) mass is 211 g/mol. The van der Waals surface area contributed by atoms with Gasteiger partial charge in [0, 0.05) is 19.5 Å². The highest BCUT2D eigenvalue weighted by Gasteiger charge is 2.17. The van der Waals surface area contributed by atoms with Gasteiger partial charge in [0.15, 0.2) is 5.82 Å². The Morgan fingerprint density at radius 3 is 2.80 bits per heavy atom. The zero-order valence-corrected chi connectivity index (χ0v) is 9.27. The molecule has 0 fully saturated rings. The molecule has 1 aromatic heterocycles. The summed E-state index contributed by atoms with van der Waals surface area (Å²) in [5.74, 6) is 0.487. The van der Waals surface area contributed by atoms with Gasteiger partial charge < -0.3 is 15.6 Å². The Bertz CT molecular complexity index is 335. The molecule has 15 heavy (non-hydrogen) atoms. The molecule has 3 N–H and O–H groups in total. The van der Waals surface area contributed by atoms with E-state index in [1.54, 1.807) is 17.8 Å². The van der Waals surface area contributed by atoms with E-state index in [9.17, 15) is 4.79 Å². The molecule has 6 nitrogen and oxygen atoms in total. The van der Waals surface area contributed by atoms with Crippen molar-refractivity contribution in [1.29, 1.82) is 0 Å². The van der Waals surface area contributed by atoms with Gasteiger partial charge in [-0.15, -0.1) is 10.2 Å². The number of aromatic nitrogens is 3. The first-order valence-electron chi connectivity index (χ1n) is 4.90. The normalized spacial score (nSPS) is 14.7. The molecule has 0 spiro atoms. The zero-order valence-electron chi connectivity index (χ0n) is 9.27. The lowest BCUT2D eigenvalue weighted by Crippen LogP contribution is -2.35. The molecule has 0 saturated heterocycles. The molecule has 0 aliphatic rings. The number of carbonyl (C=O) groups is 1. The van der Waals surface area contributed by atoms with Gasteiger partial charge in [0.2, 0.25) is 5.91 Å². The minimum atomic E-state index is -0.180. The second kappa shape index (κ2) is 4.88. The van der Waals surface area contributed by atoms with Crippen LogP contribution in [0.25, 0.3) is 0 Å². The first-order chi connectivity index (χ1) is 7.06. The predicted molar refractivity (Wildman–Crippen MR) is 55.8 cm³/mol. The summed E-state index contributed by atoms with van der Waals surface area (Å²) in [6, 6.07) is -0.154. The first-order valence-corrected chi connectivity index (χ1v) is 4.90. The quantitative estimate of drug-likeness (QED) is 0.708. The Balaban J connectivity index is 2.60. The van der Waals surface area contributed by atoms with Gasteiger partial charge in [-0.2, -0.15) is 0 Å². The molecule has 1 rings (SSSR count). The lowest BCUT2D eigenvalue weighted by Gasteiger charge is -2.15. The van der Waals surface area contributed by atoms with Crippen molar-refractivity contribution in [1.82, 2.24) is 20.1 Å². The smallest absolute Gasteiger partial charge is 0.224 e. The van der Waals surface area contributed by atoms with Crippen molar-refractivity contribution in [3.05, 3.63) is 12.2 Å². The van der Waals surface area contributed by atoms with E-state index in [0.29, 0.717) is 6.54 Å². The maximum absolute atomic E-state index is 11.5. The van der Waals surface area contributed by atoms with Gasteiger partial charge in [0.25, 0.3) is 0 Å². The van der Waals surface area contributed by atoms with Crippen LogP contribution in [0.4, 0.5) is 0 Å². The third-order valence-corrected chi connectivity index (χ3v) is 2.29. The summed E-state index contributed by atoms with van der Waals surface area (Å²) in [5, 5.41) is 10.5. The molecule has 2 unspecified atom stereocenters. The minimum Gasteiger partial charge on any atom is -0.346 e. The molecular weight excluding hydrogens is 194 g/mol. The molecule has 6 heteroatoms. The van der Waals surface area contributed by atoms with Crippen LogP contribution in [-0.4, -0.2) is 27.2 Å². The van der Waals surface area contributed by atoms with Crippen LogP contribution in [0.1, 0.15) is 25.7 Å². The highest BCUT2D eigenvalue weighted by molar-refractivity contribution is 5.78. The van der Waals surface area contributed by atoms with Crippen molar-refractivity contribution in [3.63, 3.8) is 0 Å². The van der Waals surface area contributed by atoms with E-state index in [1.807, 2.05) is 14.0 Å². The van der Waals surface area contributed by atoms with Gasteiger partial charge in [0.1, 0.15) is 6.33 Å². The van der Waals surface area contributed by atoms with Crippen molar-refractivity contribution < 1.29 is 4.79 Å². The maximum Gasteiger partial charge on any atom is 0.224 e. The van der Waals surface area contributed by atoms with E-state index in [4.69, 9.17) is 5.73 Å². The number of amides is 1. The number of rotatable bonds is 4. The van der Waals surface area contributed by atoms with Crippen molar-refractivity contribution in [3.8, 4) is 0 Å². The number of aryl methyl sites for hydroxylation is 1. The summed E-state index contributed by atoms with van der Waals surface area (Å²) in [6.07, 6.45) is 1.60. The Kier molecular flexibility index (Phi) is 3.79. The second-order valence-corrected chi connectivity index (χ2v) is 3.67. The summed E-state index contributed by atoms with van der Waals surface area (Å²) in [5.41, 5.74) is 5.40. The van der Waals surface area contributed by atoms with Gasteiger partial charge in [-0.05, 0) is 6.92 Å². The molecule has 0 aliphatic carbocycles. The molecule has 1 amide bonds. The molecule has 0 aromatic carbocycles. The number of nitrogens with one attached hydrogen (secondary N) is 1. The summed E-state index contributed by atoms with van der Waals surface area (Å²) in [6.45, 7) is 4.00. The predicted octanol–water partition coefficient (Wildman–Crippen LogP) is -0.413. The summed E-state index contributed by atoms with van der Waals surface area (Å²) in [4.78, 5) is 11.5. The molecular formula is C9H17N5O. The van der Waals surface area contributed by atoms with Crippen molar-refractivity contribution in [2.45, 2.75) is 19.9 Å². The number of hydrogen-bond donors (Lipinski definition) is 2. The fourth-order valence-corrected chi connectivity index (χ4v) is 1.21. The van der Waals surface area contributed by atoms with Gasteiger partial charge >= 0.3 is 0 Å². The third kappa shape index (κ3) is 2.76. The lowest BCUT2D eigenvalue weighted by atomic mass is 10.1. The SMILES string of the molecule is CC(CN)C(=O)NC(C)c1nncn1C. The number of nitrogens with zero attached hydrogens (tertiary/aromatic N) is 3. The topological polar surface area (TPSA) is 85.8 Å². The van der Waals surface area contributed by atoms with Crippen molar-refractivity contribution >= 4 is 5.91 Å². The summed E-state index contributed by atoms with van der Waals surface area (Å²) >= 11 is 0. The van der Waals surface area contributed by atoms with E-state index in [2.05, 4.69) is 15.5 Å². The maximum atomic E-state index is 11.5. The van der Waals surface area contributed by atoms with E-state index >= 15 is 0 Å². The zero-order chi connectivity index (χ0) is 11.4. The van der Waals surface area contributed by atoms with Crippen LogP contribution in [0.2, 0.25) is 0 Å². The van der Waals surface area contributed by atoms with Crippen LogP contribution in [0.3, 0.4) is 0 Å². The van der Waals surface area contributed by atoms with Crippen LogP contribution < -0.4 is 11.1 Å². The standard InChI is InChI=1S/C9H17N5O/c1-6(4-10)9(15)12-7(2)8-13-11-5-14(8)3/h5-7H,4,10H2,1-3H3,(H,12,15). The van der Waals surface area contributed by atoms with Crippen LogP contribution in [0.5, 0.6) is 0 Å². The highest BCUT2D eigenvalue weighted by Crippen LogP contribution is 2.07. The van der Waals surface area contributed by atoms with E-state index < -0.39 is 0 Å². The Morgan fingerprint density at radius 1 is 1.67 bits per heavy atom.